The molecule has 1 saturated carbocycles. The van der Waals surface area contributed by atoms with Crippen LogP contribution in [0, 0.1) is 0 Å². The van der Waals surface area contributed by atoms with Crippen molar-refractivity contribution in [2.75, 3.05) is 7.05 Å². The third-order valence-corrected chi connectivity index (χ3v) is 4.15. The van der Waals surface area contributed by atoms with E-state index in [4.69, 9.17) is 0 Å². The van der Waals surface area contributed by atoms with Crippen molar-refractivity contribution in [2.45, 2.75) is 64.0 Å². The van der Waals surface area contributed by atoms with Crippen molar-refractivity contribution in [2.24, 2.45) is 0 Å². The van der Waals surface area contributed by atoms with Crippen LogP contribution in [0.25, 0.3) is 0 Å². The summed E-state index contributed by atoms with van der Waals surface area (Å²) in [5.74, 6) is 0. The second kappa shape index (κ2) is 5.21. The molecule has 96 valence electrons. The summed E-state index contributed by atoms with van der Waals surface area (Å²) in [5.41, 5.74) is 1.31. The van der Waals surface area contributed by atoms with Crippen LogP contribution in [0.2, 0.25) is 0 Å². The number of rotatable bonds is 3. The maximum absolute atomic E-state index is 4.37. The number of aromatic nitrogens is 2. The van der Waals surface area contributed by atoms with Crippen LogP contribution < -0.4 is 5.32 Å². The highest BCUT2D eigenvalue weighted by Gasteiger charge is 2.25. The second-order valence-electron chi connectivity index (χ2n) is 5.71. The summed E-state index contributed by atoms with van der Waals surface area (Å²) in [4.78, 5) is 4.37. The summed E-state index contributed by atoms with van der Waals surface area (Å²) in [5, 5.41) is 3.38. The van der Waals surface area contributed by atoms with Crippen molar-refractivity contribution >= 4 is 0 Å². The lowest BCUT2D eigenvalue weighted by atomic mass is 10.00. The Morgan fingerprint density at radius 1 is 1.24 bits per heavy atom. The van der Waals surface area contributed by atoms with Gasteiger partial charge < -0.3 is 9.88 Å². The maximum atomic E-state index is 4.37. The van der Waals surface area contributed by atoms with E-state index in [1.54, 1.807) is 0 Å². The fourth-order valence-electron chi connectivity index (χ4n) is 2.74. The van der Waals surface area contributed by atoms with Crippen molar-refractivity contribution in [3.8, 4) is 0 Å². The first-order valence-electron chi connectivity index (χ1n) is 6.86. The third kappa shape index (κ3) is 2.71. The lowest BCUT2D eigenvalue weighted by molar-refractivity contribution is 0.362. The smallest absolute Gasteiger partial charge is 0.0951 e. The minimum atomic E-state index is 0.00278. The molecular formula is C14H25N3. The molecule has 1 heterocycles. The fourth-order valence-corrected chi connectivity index (χ4v) is 2.74. The SMILES string of the molecule is CNC(C)(C)c1cncn1C1CCCCCC1. The number of hydrogen-bond donors (Lipinski definition) is 1. The van der Waals surface area contributed by atoms with Gasteiger partial charge in [0.1, 0.15) is 0 Å². The van der Waals surface area contributed by atoms with E-state index in [9.17, 15) is 0 Å². The van der Waals surface area contributed by atoms with Gasteiger partial charge in [0.15, 0.2) is 0 Å². The summed E-state index contributed by atoms with van der Waals surface area (Å²) >= 11 is 0. The molecule has 0 atom stereocenters. The average molecular weight is 235 g/mol. The summed E-state index contributed by atoms with van der Waals surface area (Å²) in [6, 6.07) is 0.655. The highest BCUT2D eigenvalue weighted by molar-refractivity contribution is 5.12. The van der Waals surface area contributed by atoms with Gasteiger partial charge in [0, 0.05) is 6.04 Å². The van der Waals surface area contributed by atoms with Gasteiger partial charge in [-0.2, -0.15) is 0 Å². The highest BCUT2D eigenvalue weighted by Crippen LogP contribution is 2.31. The number of imidazole rings is 1. The van der Waals surface area contributed by atoms with E-state index in [0.29, 0.717) is 6.04 Å². The Labute approximate surface area is 105 Å². The minimum Gasteiger partial charge on any atom is -0.330 e. The van der Waals surface area contributed by atoms with E-state index in [2.05, 4.69) is 28.7 Å². The molecule has 0 saturated heterocycles. The highest BCUT2D eigenvalue weighted by atomic mass is 15.1. The van der Waals surface area contributed by atoms with E-state index < -0.39 is 0 Å². The van der Waals surface area contributed by atoms with Crippen molar-refractivity contribution in [1.29, 1.82) is 0 Å². The largest absolute Gasteiger partial charge is 0.330 e. The summed E-state index contributed by atoms with van der Waals surface area (Å²) in [6.45, 7) is 4.44. The number of hydrogen-bond acceptors (Lipinski definition) is 2. The lowest BCUT2D eigenvalue weighted by Crippen LogP contribution is -2.36. The van der Waals surface area contributed by atoms with Crippen LogP contribution in [0.1, 0.15) is 64.1 Å². The number of nitrogens with one attached hydrogen (secondary N) is 1. The molecule has 1 fully saturated rings. The molecule has 1 N–H and O–H groups in total. The van der Waals surface area contributed by atoms with E-state index in [-0.39, 0.29) is 5.54 Å². The van der Waals surface area contributed by atoms with Crippen LogP contribution >= 0.6 is 0 Å². The van der Waals surface area contributed by atoms with Gasteiger partial charge in [0.05, 0.1) is 23.8 Å². The molecule has 0 unspecified atom stereocenters. The van der Waals surface area contributed by atoms with Crippen molar-refractivity contribution in [3.63, 3.8) is 0 Å². The number of nitrogens with zero attached hydrogens (tertiary/aromatic N) is 2. The molecule has 2 rings (SSSR count). The van der Waals surface area contributed by atoms with Gasteiger partial charge in [-0.25, -0.2) is 4.98 Å². The predicted octanol–water partition coefficient (Wildman–Crippen LogP) is 3.23. The molecule has 3 heteroatoms. The van der Waals surface area contributed by atoms with Crippen LogP contribution in [-0.2, 0) is 5.54 Å². The molecule has 0 aliphatic heterocycles. The van der Waals surface area contributed by atoms with Crippen molar-refractivity contribution < 1.29 is 0 Å². The quantitative estimate of drug-likeness (QED) is 0.815. The third-order valence-electron chi connectivity index (χ3n) is 4.15. The molecule has 1 aliphatic rings. The Hall–Kier alpha value is -0.830. The average Bonchev–Trinajstić information content (AvgIpc) is 2.66. The summed E-state index contributed by atoms with van der Waals surface area (Å²) in [6.07, 6.45) is 12.2. The van der Waals surface area contributed by atoms with Crippen LogP contribution in [0.4, 0.5) is 0 Å². The summed E-state index contributed by atoms with van der Waals surface area (Å²) < 4.78 is 2.40. The molecule has 0 aromatic carbocycles. The van der Waals surface area contributed by atoms with Gasteiger partial charge in [-0.1, -0.05) is 25.7 Å². The molecule has 0 spiro atoms. The first-order valence-corrected chi connectivity index (χ1v) is 6.86. The zero-order chi connectivity index (χ0) is 12.3. The zero-order valence-corrected chi connectivity index (χ0v) is 11.4. The maximum Gasteiger partial charge on any atom is 0.0951 e. The van der Waals surface area contributed by atoms with Crippen LogP contribution in [-0.4, -0.2) is 16.6 Å². The first kappa shape index (κ1) is 12.6. The summed E-state index contributed by atoms with van der Waals surface area (Å²) in [7, 11) is 2.02. The Morgan fingerprint density at radius 3 is 2.47 bits per heavy atom. The molecule has 3 nitrogen and oxygen atoms in total. The van der Waals surface area contributed by atoms with E-state index in [1.807, 2.05) is 19.6 Å². The van der Waals surface area contributed by atoms with Crippen molar-refractivity contribution in [3.05, 3.63) is 18.2 Å². The van der Waals surface area contributed by atoms with Gasteiger partial charge in [0.2, 0.25) is 0 Å². The second-order valence-corrected chi connectivity index (χ2v) is 5.71. The normalized spacial score (nSPS) is 19.2. The topological polar surface area (TPSA) is 29.9 Å². The fraction of sp³-hybridized carbons (Fsp3) is 0.786. The van der Waals surface area contributed by atoms with E-state index in [0.717, 1.165) is 0 Å². The van der Waals surface area contributed by atoms with Crippen LogP contribution in [0.15, 0.2) is 12.5 Å². The molecule has 1 aromatic rings. The van der Waals surface area contributed by atoms with Gasteiger partial charge in [0.25, 0.3) is 0 Å². The molecular weight excluding hydrogens is 210 g/mol. The molecule has 0 amide bonds. The lowest BCUT2D eigenvalue weighted by Gasteiger charge is -2.29. The monoisotopic (exact) mass is 235 g/mol. The molecule has 1 aromatic heterocycles. The molecule has 0 radical (unpaired) electrons. The van der Waals surface area contributed by atoms with Gasteiger partial charge in [-0.3, -0.25) is 0 Å². The van der Waals surface area contributed by atoms with Crippen LogP contribution in [0.3, 0.4) is 0 Å². The molecule has 1 aliphatic carbocycles. The standard InChI is InChI=1S/C14H25N3/c1-14(2,15-3)13-10-16-11-17(13)12-8-6-4-5-7-9-12/h10-12,15H,4-9H2,1-3H3. The molecule has 0 bridgehead atoms. The van der Waals surface area contributed by atoms with Gasteiger partial charge >= 0.3 is 0 Å². The van der Waals surface area contributed by atoms with Crippen molar-refractivity contribution in [1.82, 2.24) is 14.9 Å². The first-order chi connectivity index (χ1) is 8.15. The van der Waals surface area contributed by atoms with Crippen LogP contribution in [0.5, 0.6) is 0 Å². The van der Waals surface area contributed by atoms with Gasteiger partial charge in [-0.05, 0) is 33.7 Å². The van der Waals surface area contributed by atoms with E-state index >= 15 is 0 Å². The Balaban J connectivity index is 2.23. The Bertz CT molecular complexity index is 346. The zero-order valence-electron chi connectivity index (χ0n) is 11.4. The predicted molar refractivity (Wildman–Crippen MR) is 71.1 cm³/mol. The Kier molecular flexibility index (Phi) is 3.87. The Morgan fingerprint density at radius 2 is 1.88 bits per heavy atom. The van der Waals surface area contributed by atoms with E-state index in [1.165, 1.54) is 44.2 Å². The molecule has 17 heavy (non-hydrogen) atoms. The van der Waals surface area contributed by atoms with Gasteiger partial charge in [-0.15, -0.1) is 0 Å². The minimum absolute atomic E-state index is 0.00278.